The molecule has 3 aromatic rings. The first-order valence-corrected chi connectivity index (χ1v) is 7.37. The lowest BCUT2D eigenvalue weighted by atomic mass is 10.1. The van der Waals surface area contributed by atoms with Crippen molar-refractivity contribution in [2.75, 3.05) is 5.32 Å². The van der Waals surface area contributed by atoms with E-state index in [4.69, 9.17) is 0 Å². The predicted molar refractivity (Wildman–Crippen MR) is 84.5 cm³/mol. The van der Waals surface area contributed by atoms with Gasteiger partial charge in [-0.2, -0.15) is 0 Å². The largest absolute Gasteiger partial charge is 0.508 e. The highest BCUT2D eigenvalue weighted by molar-refractivity contribution is 7.18. The van der Waals surface area contributed by atoms with Crippen LogP contribution in [0.1, 0.15) is 23.5 Å². The molecule has 3 rings (SSSR count). The van der Waals surface area contributed by atoms with Gasteiger partial charge in [-0.15, -0.1) is 11.3 Å². The minimum Gasteiger partial charge on any atom is -0.508 e. The van der Waals surface area contributed by atoms with Crippen LogP contribution in [0.2, 0.25) is 0 Å². The third kappa shape index (κ3) is 2.47. The van der Waals surface area contributed by atoms with E-state index in [1.54, 1.807) is 17.4 Å². The first-order chi connectivity index (χ1) is 9.63. The maximum Gasteiger partial charge on any atom is 0.120 e. The smallest absolute Gasteiger partial charge is 0.120 e. The molecule has 0 aliphatic heterocycles. The third-order valence-corrected chi connectivity index (χ3v) is 4.22. The maximum atomic E-state index is 9.89. The van der Waals surface area contributed by atoms with Crippen LogP contribution in [-0.2, 0) is 0 Å². The number of thiazole rings is 1. The number of anilines is 1. The number of phenols is 1. The molecule has 4 heteroatoms. The van der Waals surface area contributed by atoms with E-state index >= 15 is 0 Å². The summed E-state index contributed by atoms with van der Waals surface area (Å²) in [6.07, 6.45) is 0. The summed E-state index contributed by atoms with van der Waals surface area (Å²) in [5, 5.41) is 14.4. The first kappa shape index (κ1) is 12.9. The van der Waals surface area contributed by atoms with Gasteiger partial charge in [0.25, 0.3) is 0 Å². The van der Waals surface area contributed by atoms with Crippen molar-refractivity contribution in [3.63, 3.8) is 0 Å². The number of nitrogens with one attached hydrogen (secondary N) is 1. The summed E-state index contributed by atoms with van der Waals surface area (Å²) in [6.45, 7) is 4.06. The zero-order valence-corrected chi connectivity index (χ0v) is 12.2. The average molecular weight is 284 g/mol. The molecule has 0 fully saturated rings. The number of phenolic OH excluding ortho intramolecular Hbond substituents is 1. The molecule has 1 atom stereocenters. The zero-order chi connectivity index (χ0) is 14.1. The molecule has 102 valence electrons. The summed E-state index contributed by atoms with van der Waals surface area (Å²) in [5.41, 5.74) is 2.97. The normalized spacial score (nSPS) is 12.5. The van der Waals surface area contributed by atoms with Gasteiger partial charge in [-0.3, -0.25) is 0 Å². The van der Waals surface area contributed by atoms with Gasteiger partial charge in [-0.05, 0) is 38.1 Å². The number of nitrogens with zero attached hydrogens (tertiary/aromatic N) is 1. The summed E-state index contributed by atoms with van der Waals surface area (Å²) in [4.78, 5) is 4.46. The minimum absolute atomic E-state index is 0.0441. The molecule has 0 radical (unpaired) electrons. The maximum absolute atomic E-state index is 9.89. The number of aryl methyl sites for hydroxylation is 1. The fourth-order valence-electron chi connectivity index (χ4n) is 2.31. The Morgan fingerprint density at radius 3 is 2.80 bits per heavy atom. The van der Waals surface area contributed by atoms with E-state index in [0.29, 0.717) is 5.75 Å². The van der Waals surface area contributed by atoms with Crippen molar-refractivity contribution in [2.24, 2.45) is 0 Å². The summed E-state index contributed by atoms with van der Waals surface area (Å²) in [5.74, 6) is 0.321. The van der Waals surface area contributed by atoms with Crippen molar-refractivity contribution in [3.05, 3.63) is 53.0 Å². The monoisotopic (exact) mass is 284 g/mol. The molecule has 0 aliphatic rings. The molecule has 3 nitrogen and oxygen atoms in total. The summed E-state index contributed by atoms with van der Waals surface area (Å²) >= 11 is 1.69. The van der Waals surface area contributed by atoms with Gasteiger partial charge >= 0.3 is 0 Å². The fourth-order valence-corrected chi connectivity index (χ4v) is 3.18. The van der Waals surface area contributed by atoms with E-state index in [1.807, 2.05) is 44.2 Å². The molecular weight excluding hydrogens is 268 g/mol. The van der Waals surface area contributed by atoms with Crippen molar-refractivity contribution >= 4 is 27.2 Å². The average Bonchev–Trinajstić information content (AvgIpc) is 2.78. The minimum atomic E-state index is 0.0441. The third-order valence-electron chi connectivity index (χ3n) is 3.28. The number of aromatic nitrogens is 1. The van der Waals surface area contributed by atoms with Crippen LogP contribution >= 0.6 is 11.3 Å². The summed E-state index contributed by atoms with van der Waals surface area (Å²) < 4.78 is 1.18. The molecule has 0 amide bonds. The van der Waals surface area contributed by atoms with E-state index in [-0.39, 0.29) is 6.04 Å². The molecule has 0 saturated heterocycles. The Bertz CT molecular complexity index is 751. The molecular formula is C16H16N2OS. The van der Waals surface area contributed by atoms with Gasteiger partial charge in [0.1, 0.15) is 5.75 Å². The molecule has 20 heavy (non-hydrogen) atoms. The second-order valence-corrected chi connectivity index (χ2v) is 6.08. The van der Waals surface area contributed by atoms with Gasteiger partial charge in [0.15, 0.2) is 0 Å². The van der Waals surface area contributed by atoms with Gasteiger partial charge in [-0.25, -0.2) is 4.98 Å². The molecule has 0 aliphatic carbocycles. The Morgan fingerprint density at radius 2 is 2.00 bits per heavy atom. The number of aromatic hydroxyl groups is 1. The lowest BCUT2D eigenvalue weighted by molar-refractivity contribution is 0.465. The van der Waals surface area contributed by atoms with E-state index in [1.165, 1.54) is 4.70 Å². The summed E-state index contributed by atoms with van der Waals surface area (Å²) in [6, 6.07) is 13.6. The molecule has 2 N–H and O–H groups in total. The van der Waals surface area contributed by atoms with Crippen molar-refractivity contribution in [2.45, 2.75) is 19.9 Å². The van der Waals surface area contributed by atoms with Crippen molar-refractivity contribution in [1.29, 1.82) is 0 Å². The lowest BCUT2D eigenvalue weighted by Gasteiger charge is -2.16. The number of rotatable bonds is 3. The van der Waals surface area contributed by atoms with Gasteiger partial charge in [0, 0.05) is 11.3 Å². The Labute approximate surface area is 121 Å². The quantitative estimate of drug-likeness (QED) is 0.745. The molecule has 1 unspecified atom stereocenters. The number of fused-ring (bicyclic) bond motifs is 1. The van der Waals surface area contributed by atoms with E-state index in [0.717, 1.165) is 21.8 Å². The van der Waals surface area contributed by atoms with Gasteiger partial charge in [-0.1, -0.05) is 18.2 Å². The van der Waals surface area contributed by atoms with Crippen LogP contribution in [0.25, 0.3) is 10.2 Å². The molecule has 1 heterocycles. The second-order valence-electron chi connectivity index (χ2n) is 4.84. The lowest BCUT2D eigenvalue weighted by Crippen LogP contribution is -2.06. The molecule has 1 aromatic heterocycles. The standard InChI is InChI=1S/C16H16N2OS/c1-10(13-5-3-4-6-15(13)19)17-12-7-8-14-16(9-12)20-11(2)18-14/h3-10,17,19H,1-2H3. The van der Waals surface area contributed by atoms with Crippen molar-refractivity contribution in [1.82, 2.24) is 4.98 Å². The SMILES string of the molecule is Cc1nc2ccc(NC(C)c3ccccc3O)cc2s1. The number of para-hydroxylation sites is 1. The first-order valence-electron chi connectivity index (χ1n) is 6.55. The summed E-state index contributed by atoms with van der Waals surface area (Å²) in [7, 11) is 0. The van der Waals surface area contributed by atoms with Crippen LogP contribution in [0, 0.1) is 6.92 Å². The van der Waals surface area contributed by atoms with Gasteiger partial charge < -0.3 is 10.4 Å². The van der Waals surface area contributed by atoms with Crippen LogP contribution in [0.5, 0.6) is 5.75 Å². The van der Waals surface area contributed by atoms with E-state index in [2.05, 4.69) is 16.4 Å². The van der Waals surface area contributed by atoms with Crippen molar-refractivity contribution in [3.8, 4) is 5.75 Å². The Kier molecular flexibility index (Phi) is 3.32. The Morgan fingerprint density at radius 1 is 1.20 bits per heavy atom. The van der Waals surface area contributed by atoms with Crippen molar-refractivity contribution < 1.29 is 5.11 Å². The van der Waals surface area contributed by atoms with Gasteiger partial charge in [0.05, 0.1) is 21.3 Å². The molecule has 0 saturated carbocycles. The molecule has 2 aromatic carbocycles. The van der Waals surface area contributed by atoms with Crippen LogP contribution in [0.3, 0.4) is 0 Å². The Hall–Kier alpha value is -2.07. The zero-order valence-electron chi connectivity index (χ0n) is 11.4. The molecule has 0 bridgehead atoms. The van der Waals surface area contributed by atoms with Crippen LogP contribution < -0.4 is 5.32 Å². The number of hydrogen-bond donors (Lipinski definition) is 2. The predicted octanol–water partition coefficient (Wildman–Crippen LogP) is 4.48. The highest BCUT2D eigenvalue weighted by Gasteiger charge is 2.10. The number of benzene rings is 2. The fraction of sp³-hybridized carbons (Fsp3) is 0.188. The second kappa shape index (κ2) is 5.13. The topological polar surface area (TPSA) is 45.2 Å². The highest BCUT2D eigenvalue weighted by Crippen LogP contribution is 2.29. The molecule has 0 spiro atoms. The van der Waals surface area contributed by atoms with E-state index < -0.39 is 0 Å². The Balaban J connectivity index is 1.87. The van der Waals surface area contributed by atoms with Gasteiger partial charge in [0.2, 0.25) is 0 Å². The van der Waals surface area contributed by atoms with Crippen LogP contribution in [-0.4, -0.2) is 10.1 Å². The van der Waals surface area contributed by atoms with E-state index in [9.17, 15) is 5.11 Å². The highest BCUT2D eigenvalue weighted by atomic mass is 32.1. The van der Waals surface area contributed by atoms with Crippen LogP contribution in [0.4, 0.5) is 5.69 Å². The van der Waals surface area contributed by atoms with Crippen LogP contribution in [0.15, 0.2) is 42.5 Å². The number of hydrogen-bond acceptors (Lipinski definition) is 4.